The number of hydrogen-bond donors (Lipinski definition) is 0. The van der Waals surface area contributed by atoms with Crippen LogP contribution in [0.15, 0.2) is 36.4 Å². The summed E-state index contributed by atoms with van der Waals surface area (Å²) in [6.07, 6.45) is 0. The van der Waals surface area contributed by atoms with Gasteiger partial charge in [0.15, 0.2) is 0 Å². The monoisotopic (exact) mass is 254 g/mol. The van der Waals surface area contributed by atoms with E-state index in [1.54, 1.807) is 0 Å². The third-order valence-electron chi connectivity index (χ3n) is 4.73. The van der Waals surface area contributed by atoms with E-state index in [9.17, 15) is 0 Å². The van der Waals surface area contributed by atoms with Crippen LogP contribution in [0.25, 0.3) is 32.3 Å². The Balaban J connectivity index is 2.47. The lowest BCUT2D eigenvalue weighted by Crippen LogP contribution is -2.16. The maximum atomic E-state index is 2.31. The fourth-order valence-corrected chi connectivity index (χ4v) is 3.77. The number of rotatable bonds is 0. The average molecular weight is 254 g/mol. The first kappa shape index (κ1) is 11.8. The molecule has 0 spiro atoms. The molecule has 4 aromatic rings. The van der Waals surface area contributed by atoms with Gasteiger partial charge in [0.1, 0.15) is 15.7 Å². The van der Waals surface area contributed by atoms with Crippen molar-refractivity contribution in [2.45, 2.75) is 13.8 Å². The fourth-order valence-electron chi connectivity index (χ4n) is 3.77. The molecule has 0 nitrogen and oxygen atoms in total. The summed E-state index contributed by atoms with van der Waals surface area (Å²) in [5.41, 5.74) is 5.51. The second-order valence-electron chi connectivity index (χ2n) is 6.09. The number of aryl methyl sites for hydroxylation is 2. The molecule has 4 rings (SSSR count). The van der Waals surface area contributed by atoms with Crippen molar-refractivity contribution in [2.75, 3.05) is 0 Å². The Bertz CT molecular complexity index is 830. The lowest BCUT2D eigenvalue weighted by molar-refractivity contribution is 1.46. The lowest BCUT2D eigenvalue weighted by Gasteiger charge is -2.17. The highest BCUT2D eigenvalue weighted by atomic mass is 14.2. The predicted molar refractivity (Wildman–Crippen MR) is 96.0 cm³/mol. The molecule has 0 unspecified atom stereocenters. The Labute approximate surface area is 120 Å². The summed E-state index contributed by atoms with van der Waals surface area (Å²) >= 11 is 0. The van der Waals surface area contributed by atoms with Crippen molar-refractivity contribution in [1.29, 1.82) is 0 Å². The minimum absolute atomic E-state index is 1.38. The highest BCUT2D eigenvalue weighted by molar-refractivity contribution is 6.49. The van der Waals surface area contributed by atoms with E-state index in [2.05, 4.69) is 65.9 Å². The van der Waals surface area contributed by atoms with E-state index < -0.39 is 0 Å². The summed E-state index contributed by atoms with van der Waals surface area (Å²) in [7, 11) is 4.44. The second-order valence-corrected chi connectivity index (χ2v) is 6.09. The molecule has 0 saturated carbocycles. The van der Waals surface area contributed by atoms with Gasteiger partial charge < -0.3 is 0 Å². The highest BCUT2D eigenvalue weighted by Gasteiger charge is 2.13. The highest BCUT2D eigenvalue weighted by Crippen LogP contribution is 2.36. The van der Waals surface area contributed by atoms with Gasteiger partial charge in [-0.3, -0.25) is 0 Å². The van der Waals surface area contributed by atoms with Crippen LogP contribution < -0.4 is 10.9 Å². The van der Waals surface area contributed by atoms with Crippen molar-refractivity contribution in [3.05, 3.63) is 47.5 Å². The van der Waals surface area contributed by atoms with E-state index in [0.717, 1.165) is 0 Å². The van der Waals surface area contributed by atoms with Gasteiger partial charge in [-0.25, -0.2) is 0 Å². The van der Waals surface area contributed by atoms with Crippen LogP contribution in [0.2, 0.25) is 0 Å². The molecule has 0 N–H and O–H groups in total. The van der Waals surface area contributed by atoms with Crippen LogP contribution in [0, 0.1) is 13.8 Å². The Morgan fingerprint density at radius 1 is 0.600 bits per heavy atom. The first-order chi connectivity index (χ1) is 9.58. The minimum Gasteiger partial charge on any atom is -0.0818 e. The van der Waals surface area contributed by atoms with Gasteiger partial charge in [-0.2, -0.15) is 0 Å². The smallest absolute Gasteiger partial charge is 0.0818 e. The van der Waals surface area contributed by atoms with Gasteiger partial charge in [0.2, 0.25) is 0 Å². The molecule has 20 heavy (non-hydrogen) atoms. The van der Waals surface area contributed by atoms with Crippen LogP contribution in [0.3, 0.4) is 0 Å². The van der Waals surface area contributed by atoms with Gasteiger partial charge in [-0.1, -0.05) is 47.3 Å². The Kier molecular flexibility index (Phi) is 2.24. The molecule has 0 aliphatic carbocycles. The summed E-state index contributed by atoms with van der Waals surface area (Å²) in [5.74, 6) is 0. The molecule has 0 bridgehead atoms. The SMILES string of the molecule is Bc1cc(B)c2ccc3c(C)cc(C)c4ccc1c2c43. The van der Waals surface area contributed by atoms with E-state index >= 15 is 0 Å². The van der Waals surface area contributed by atoms with Crippen LogP contribution in [0.4, 0.5) is 0 Å². The molecule has 0 fully saturated rings. The molecule has 0 saturated heterocycles. The summed E-state index contributed by atoms with van der Waals surface area (Å²) in [6.45, 7) is 4.44. The van der Waals surface area contributed by atoms with Crippen LogP contribution in [-0.2, 0) is 0 Å². The zero-order valence-corrected chi connectivity index (χ0v) is 12.5. The Hall–Kier alpha value is -1.95. The number of hydrogen-bond acceptors (Lipinski definition) is 0. The molecule has 94 valence electrons. The summed E-state index contributed by atoms with van der Waals surface area (Å²) in [4.78, 5) is 0. The molecule has 0 heterocycles. The average Bonchev–Trinajstić information content (AvgIpc) is 2.42. The van der Waals surface area contributed by atoms with Crippen molar-refractivity contribution >= 4 is 58.9 Å². The zero-order chi connectivity index (χ0) is 14.0. The van der Waals surface area contributed by atoms with E-state index in [1.807, 2.05) is 0 Å². The summed E-state index contributed by atoms with van der Waals surface area (Å²) in [5, 5.41) is 8.48. The standard InChI is InChI=1S/C18H16B2/c1-9-7-10(2)12-4-6-14-16(20)8-15(19)13-5-3-11(9)17(12)18(13)14/h3-8H,19-20H2,1-2H3. The molecule has 0 aliphatic heterocycles. The van der Waals surface area contributed by atoms with Crippen molar-refractivity contribution in [2.24, 2.45) is 0 Å². The van der Waals surface area contributed by atoms with Gasteiger partial charge in [0, 0.05) is 0 Å². The minimum atomic E-state index is 1.38. The Morgan fingerprint density at radius 2 is 1.00 bits per heavy atom. The molecule has 2 heteroatoms. The molecular weight excluding hydrogens is 238 g/mol. The van der Waals surface area contributed by atoms with Crippen LogP contribution in [0.5, 0.6) is 0 Å². The van der Waals surface area contributed by atoms with Crippen molar-refractivity contribution in [3.63, 3.8) is 0 Å². The predicted octanol–water partition coefficient (Wildman–Crippen LogP) is 1.72. The van der Waals surface area contributed by atoms with Crippen LogP contribution in [0.1, 0.15) is 11.1 Å². The van der Waals surface area contributed by atoms with Gasteiger partial charge in [0.25, 0.3) is 0 Å². The summed E-state index contributed by atoms with van der Waals surface area (Å²) in [6, 6.07) is 13.8. The largest absolute Gasteiger partial charge is 0.140 e. The molecule has 0 amide bonds. The van der Waals surface area contributed by atoms with Crippen LogP contribution in [-0.4, -0.2) is 15.7 Å². The van der Waals surface area contributed by atoms with Crippen molar-refractivity contribution in [3.8, 4) is 0 Å². The quantitative estimate of drug-likeness (QED) is 0.331. The molecule has 4 aromatic carbocycles. The Morgan fingerprint density at radius 3 is 1.50 bits per heavy atom. The molecule has 0 aromatic heterocycles. The van der Waals surface area contributed by atoms with E-state index in [0.29, 0.717) is 0 Å². The van der Waals surface area contributed by atoms with Crippen LogP contribution >= 0.6 is 0 Å². The van der Waals surface area contributed by atoms with Crippen molar-refractivity contribution in [1.82, 2.24) is 0 Å². The zero-order valence-electron chi connectivity index (χ0n) is 12.5. The second kappa shape index (κ2) is 3.79. The lowest BCUT2D eigenvalue weighted by atomic mass is 9.78. The third-order valence-corrected chi connectivity index (χ3v) is 4.73. The maximum Gasteiger partial charge on any atom is 0.140 e. The van der Waals surface area contributed by atoms with Crippen molar-refractivity contribution < 1.29 is 0 Å². The molecule has 0 radical (unpaired) electrons. The van der Waals surface area contributed by atoms with E-state index in [1.165, 1.54) is 54.4 Å². The first-order valence-electron chi connectivity index (χ1n) is 7.23. The summed E-state index contributed by atoms with van der Waals surface area (Å²) < 4.78 is 0. The molecular formula is C18H16B2. The molecule has 0 aliphatic rings. The fraction of sp³-hybridized carbons (Fsp3) is 0.111. The van der Waals surface area contributed by atoms with E-state index in [4.69, 9.17) is 0 Å². The van der Waals surface area contributed by atoms with Gasteiger partial charge in [-0.05, 0) is 57.3 Å². The van der Waals surface area contributed by atoms with E-state index in [-0.39, 0.29) is 0 Å². The normalized spacial score (nSPS) is 11.9. The van der Waals surface area contributed by atoms with Gasteiger partial charge in [-0.15, -0.1) is 0 Å². The maximum absolute atomic E-state index is 2.31. The molecule has 0 atom stereocenters. The van der Waals surface area contributed by atoms with Gasteiger partial charge in [0.05, 0.1) is 0 Å². The van der Waals surface area contributed by atoms with Gasteiger partial charge >= 0.3 is 0 Å². The first-order valence-corrected chi connectivity index (χ1v) is 7.23. The topological polar surface area (TPSA) is 0 Å². The number of benzene rings is 4. The third kappa shape index (κ3) is 1.34.